The van der Waals surface area contributed by atoms with Crippen LogP contribution in [-0.4, -0.2) is 69.9 Å². The first-order chi connectivity index (χ1) is 28.5. The number of aromatic nitrogens is 2. The van der Waals surface area contributed by atoms with E-state index in [2.05, 4.69) is 62.9 Å². The maximum Gasteiger partial charge on any atom is 0.305 e. The smallest absolute Gasteiger partial charge is 0.305 e. The molecule has 0 aliphatic heterocycles. The number of hydrogen-bond acceptors (Lipinski definition) is 7. The van der Waals surface area contributed by atoms with Crippen molar-refractivity contribution >= 4 is 11.9 Å². The molecule has 1 heterocycles. The third-order valence-corrected chi connectivity index (χ3v) is 12.4. The Hall–Kier alpha value is -1.93. The minimum absolute atomic E-state index is 0.0139. The molecule has 4 atom stereocenters. The molecule has 8 heteroatoms. The minimum atomic E-state index is -0.417. The molecule has 4 unspecified atom stereocenters. The average Bonchev–Trinajstić information content (AvgIpc) is 3.73. The first-order valence-corrected chi connectivity index (χ1v) is 25.2. The van der Waals surface area contributed by atoms with Crippen LogP contribution in [0.3, 0.4) is 0 Å². The second-order valence-electron chi connectivity index (χ2n) is 19.2. The summed E-state index contributed by atoms with van der Waals surface area (Å²) in [6, 6.07) is 0.242. The van der Waals surface area contributed by atoms with Gasteiger partial charge in [-0.2, -0.15) is 0 Å². The number of carbonyl (C=O) groups excluding carboxylic acids is 2. The second-order valence-corrected chi connectivity index (χ2v) is 19.2. The number of unbranched alkanes of at least 4 members (excludes halogenated alkanes) is 16. The van der Waals surface area contributed by atoms with E-state index in [4.69, 9.17) is 9.47 Å². The fourth-order valence-corrected chi connectivity index (χ4v) is 8.56. The van der Waals surface area contributed by atoms with Crippen LogP contribution in [0.15, 0.2) is 18.7 Å². The van der Waals surface area contributed by atoms with Crippen LogP contribution >= 0.6 is 0 Å². The van der Waals surface area contributed by atoms with E-state index in [1.807, 2.05) is 18.7 Å². The monoisotopic (exact) mass is 832 g/mol. The highest BCUT2D eigenvalue weighted by Crippen LogP contribution is 2.28. The number of aliphatic hydroxyl groups excluding tert-OH is 1. The molecule has 1 N–H and O–H groups in total. The summed E-state index contributed by atoms with van der Waals surface area (Å²) in [5.41, 5.74) is 0.0139. The van der Waals surface area contributed by atoms with Crippen molar-refractivity contribution in [3.8, 4) is 0 Å². The summed E-state index contributed by atoms with van der Waals surface area (Å²) in [5, 5.41) is 11.3. The number of ether oxygens (including phenoxy) is 2. The Balaban J connectivity index is 2.51. The maximum absolute atomic E-state index is 12.7. The van der Waals surface area contributed by atoms with Crippen LogP contribution in [0.2, 0.25) is 0 Å². The van der Waals surface area contributed by atoms with Gasteiger partial charge >= 0.3 is 11.9 Å². The van der Waals surface area contributed by atoms with Crippen molar-refractivity contribution in [2.24, 2.45) is 17.3 Å². The molecule has 0 bridgehead atoms. The lowest BCUT2D eigenvalue weighted by Crippen LogP contribution is -2.49. The van der Waals surface area contributed by atoms with Crippen molar-refractivity contribution in [3.63, 3.8) is 0 Å². The van der Waals surface area contributed by atoms with E-state index >= 15 is 0 Å². The van der Waals surface area contributed by atoms with E-state index in [1.54, 1.807) is 0 Å². The number of rotatable bonds is 41. The number of nitrogens with zero attached hydrogens (tertiary/aromatic N) is 3. The van der Waals surface area contributed by atoms with Crippen LogP contribution < -0.4 is 0 Å². The average molecular weight is 832 g/mol. The van der Waals surface area contributed by atoms with E-state index in [1.165, 1.54) is 103 Å². The molecule has 59 heavy (non-hydrogen) atoms. The fourth-order valence-electron chi connectivity index (χ4n) is 8.56. The first kappa shape index (κ1) is 55.1. The molecule has 0 aromatic carbocycles. The van der Waals surface area contributed by atoms with Crippen LogP contribution in [0.4, 0.5) is 0 Å². The van der Waals surface area contributed by atoms with Crippen molar-refractivity contribution in [1.29, 1.82) is 0 Å². The zero-order chi connectivity index (χ0) is 43.4. The lowest BCUT2D eigenvalue weighted by atomic mass is 9.85. The molecule has 1 aromatic heterocycles. The number of aliphatic hydroxyl groups is 1. The van der Waals surface area contributed by atoms with Gasteiger partial charge in [-0.05, 0) is 75.2 Å². The van der Waals surface area contributed by atoms with Crippen LogP contribution in [0.1, 0.15) is 235 Å². The molecule has 0 radical (unpaired) electrons. The second kappa shape index (κ2) is 36.7. The molecule has 0 spiro atoms. The summed E-state index contributed by atoms with van der Waals surface area (Å²) >= 11 is 0. The van der Waals surface area contributed by atoms with E-state index in [0.717, 1.165) is 83.7 Å². The highest BCUT2D eigenvalue weighted by molar-refractivity contribution is 5.69. The van der Waals surface area contributed by atoms with Crippen LogP contribution in [0.5, 0.6) is 0 Å². The van der Waals surface area contributed by atoms with E-state index in [0.29, 0.717) is 44.4 Å². The lowest BCUT2D eigenvalue weighted by molar-refractivity contribution is -0.146. The van der Waals surface area contributed by atoms with Gasteiger partial charge in [-0.25, -0.2) is 4.98 Å². The summed E-state index contributed by atoms with van der Waals surface area (Å²) in [6.45, 7) is 19.4. The van der Waals surface area contributed by atoms with Gasteiger partial charge in [0, 0.05) is 44.4 Å². The molecule has 0 aliphatic rings. The van der Waals surface area contributed by atoms with Crippen molar-refractivity contribution in [3.05, 3.63) is 18.7 Å². The van der Waals surface area contributed by atoms with Crippen molar-refractivity contribution < 1.29 is 24.2 Å². The lowest BCUT2D eigenvalue weighted by Gasteiger charge is -2.41. The summed E-state index contributed by atoms with van der Waals surface area (Å²) in [4.78, 5) is 32.0. The highest BCUT2D eigenvalue weighted by Gasteiger charge is 2.31. The molecule has 0 aliphatic carbocycles. The van der Waals surface area contributed by atoms with Gasteiger partial charge in [0.15, 0.2) is 0 Å². The van der Waals surface area contributed by atoms with Crippen LogP contribution in [0.25, 0.3) is 0 Å². The Labute approximate surface area is 365 Å². The molecule has 1 aromatic rings. The third kappa shape index (κ3) is 30.7. The molecule has 0 saturated heterocycles. The SMILES string of the molecule is CCCCCCCC(CCC)COC(=O)CCCCCCCN(CC(O)CCCCCC(=O)OCC(CCCCC)CCCCCCC)C(Cn1ccnc1)C(C)(C)C. The first-order valence-electron chi connectivity index (χ1n) is 25.2. The van der Waals surface area contributed by atoms with Crippen molar-refractivity contribution in [2.75, 3.05) is 26.3 Å². The fraction of sp³-hybridized carbons (Fsp3) is 0.902. The maximum atomic E-state index is 12.7. The van der Waals surface area contributed by atoms with E-state index in [-0.39, 0.29) is 23.4 Å². The molecular formula is C51H97N3O5. The summed E-state index contributed by atoms with van der Waals surface area (Å²) in [6.07, 6.45) is 37.3. The normalized spacial score (nSPS) is 14.1. The Morgan fingerprint density at radius 3 is 1.59 bits per heavy atom. The highest BCUT2D eigenvalue weighted by atomic mass is 16.5. The summed E-state index contributed by atoms with van der Waals surface area (Å²) in [7, 11) is 0. The Morgan fingerprint density at radius 1 is 0.610 bits per heavy atom. The predicted octanol–water partition coefficient (Wildman–Crippen LogP) is 13.7. The Bertz CT molecular complexity index is 1090. The van der Waals surface area contributed by atoms with Crippen molar-refractivity contribution in [2.45, 2.75) is 253 Å². The number of carbonyl (C=O) groups is 2. The Morgan fingerprint density at radius 2 is 1.07 bits per heavy atom. The zero-order valence-corrected chi connectivity index (χ0v) is 40.0. The standard InChI is InChI=1S/C51H97N3O5/c1-8-12-15-18-24-32-45(30-11-4)42-58-49(56)35-27-20-17-21-29-38-54(48(51(5,6)7)41-53-39-37-52-44-53)40-47(55)34-26-22-28-36-50(57)59-43-46(31-23-14-10-3)33-25-19-16-13-9-2/h37,39,44-48,55H,8-36,38,40-43H2,1-7H3. The molecule has 0 amide bonds. The quantitative estimate of drug-likeness (QED) is 0.0519. The van der Waals surface area contributed by atoms with Gasteiger partial charge in [0.1, 0.15) is 0 Å². The number of esters is 2. The van der Waals surface area contributed by atoms with Gasteiger partial charge < -0.3 is 19.1 Å². The number of hydrogen-bond donors (Lipinski definition) is 1. The van der Waals surface area contributed by atoms with Gasteiger partial charge in [0.2, 0.25) is 0 Å². The topological polar surface area (TPSA) is 93.9 Å². The Kier molecular flexibility index (Phi) is 34.3. The zero-order valence-electron chi connectivity index (χ0n) is 40.0. The summed E-state index contributed by atoms with van der Waals surface area (Å²) < 4.78 is 13.7. The van der Waals surface area contributed by atoms with Gasteiger partial charge in [-0.15, -0.1) is 0 Å². The van der Waals surface area contributed by atoms with Gasteiger partial charge in [-0.1, -0.05) is 170 Å². The minimum Gasteiger partial charge on any atom is -0.465 e. The van der Waals surface area contributed by atoms with Gasteiger partial charge in [-0.3, -0.25) is 14.5 Å². The molecular weight excluding hydrogens is 735 g/mol. The predicted molar refractivity (Wildman–Crippen MR) is 249 cm³/mol. The molecule has 0 saturated carbocycles. The summed E-state index contributed by atoms with van der Waals surface area (Å²) in [5.74, 6) is 0.908. The van der Waals surface area contributed by atoms with Crippen LogP contribution in [0, 0.1) is 17.3 Å². The van der Waals surface area contributed by atoms with Crippen LogP contribution in [-0.2, 0) is 25.6 Å². The largest absolute Gasteiger partial charge is 0.465 e. The van der Waals surface area contributed by atoms with E-state index < -0.39 is 6.10 Å². The van der Waals surface area contributed by atoms with Crippen molar-refractivity contribution in [1.82, 2.24) is 14.5 Å². The van der Waals surface area contributed by atoms with Gasteiger partial charge in [0.25, 0.3) is 0 Å². The third-order valence-electron chi connectivity index (χ3n) is 12.4. The molecule has 346 valence electrons. The number of imidazole rings is 1. The van der Waals surface area contributed by atoms with E-state index in [9.17, 15) is 14.7 Å². The molecule has 0 fully saturated rings. The van der Waals surface area contributed by atoms with Gasteiger partial charge in [0.05, 0.1) is 25.6 Å². The molecule has 8 nitrogen and oxygen atoms in total. The molecule has 1 rings (SSSR count).